The summed E-state index contributed by atoms with van der Waals surface area (Å²) in [6.07, 6.45) is 2.63. The van der Waals surface area contributed by atoms with Crippen molar-refractivity contribution >= 4 is 11.9 Å². The minimum absolute atomic E-state index is 0.331. The Labute approximate surface area is 140 Å². The fraction of sp³-hybridized carbons (Fsp3) is 0.389. The van der Waals surface area contributed by atoms with Gasteiger partial charge in [-0.3, -0.25) is 4.79 Å². The number of carbonyl (C=O) groups is 2. The number of amides is 1. The number of carbonyl (C=O) groups excluding carboxylic acids is 1. The monoisotopic (exact) mass is 327 g/mol. The highest BCUT2D eigenvalue weighted by Crippen LogP contribution is 2.28. The zero-order chi connectivity index (χ0) is 17.5. The molecule has 0 unspecified atom stereocenters. The normalized spacial score (nSPS) is 13.6. The van der Waals surface area contributed by atoms with Crippen LogP contribution in [0.4, 0.5) is 0 Å². The molecule has 0 fully saturated rings. The van der Waals surface area contributed by atoms with Crippen LogP contribution in [0.15, 0.2) is 24.3 Å². The molecule has 1 aromatic carbocycles. The Balaban J connectivity index is 1.98. The maximum atomic E-state index is 12.6. The van der Waals surface area contributed by atoms with E-state index in [1.54, 1.807) is 0 Å². The molecule has 1 aromatic heterocycles. The zero-order valence-corrected chi connectivity index (χ0v) is 14.1. The van der Waals surface area contributed by atoms with Gasteiger partial charge < -0.3 is 10.4 Å². The molecule has 0 spiro atoms. The van der Waals surface area contributed by atoms with Crippen LogP contribution in [0.3, 0.4) is 0 Å². The van der Waals surface area contributed by atoms with Gasteiger partial charge in [0.15, 0.2) is 5.69 Å². The van der Waals surface area contributed by atoms with Crippen molar-refractivity contribution < 1.29 is 14.7 Å². The Hall–Kier alpha value is -2.63. The van der Waals surface area contributed by atoms with Gasteiger partial charge in [-0.2, -0.15) is 5.10 Å². The van der Waals surface area contributed by atoms with Gasteiger partial charge in [-0.25, -0.2) is 9.48 Å². The highest BCUT2D eigenvalue weighted by atomic mass is 16.4. The predicted molar refractivity (Wildman–Crippen MR) is 89.5 cm³/mol. The Morgan fingerprint density at radius 2 is 1.88 bits per heavy atom. The van der Waals surface area contributed by atoms with Crippen LogP contribution in [0, 0.1) is 6.92 Å². The lowest BCUT2D eigenvalue weighted by atomic mass is 10.1. The van der Waals surface area contributed by atoms with Gasteiger partial charge in [0.25, 0.3) is 5.91 Å². The highest BCUT2D eigenvalue weighted by molar-refractivity contribution is 5.97. The van der Waals surface area contributed by atoms with E-state index >= 15 is 0 Å². The van der Waals surface area contributed by atoms with E-state index in [0.29, 0.717) is 5.69 Å². The van der Waals surface area contributed by atoms with Crippen molar-refractivity contribution in [2.75, 3.05) is 0 Å². The largest absolute Gasteiger partial charge is 0.480 e. The number of aryl methyl sites for hydroxylation is 1. The number of aromatic nitrogens is 2. The first-order valence-corrected chi connectivity index (χ1v) is 8.03. The minimum Gasteiger partial charge on any atom is -0.480 e. The number of aliphatic carboxylic acids is 1. The van der Waals surface area contributed by atoms with Crippen LogP contribution < -0.4 is 5.32 Å². The number of nitrogens with zero attached hydrogens (tertiary/aromatic N) is 2. The van der Waals surface area contributed by atoms with Crippen LogP contribution in [-0.4, -0.2) is 32.3 Å². The number of hydrogen-bond acceptors (Lipinski definition) is 3. The van der Waals surface area contributed by atoms with Gasteiger partial charge >= 0.3 is 5.97 Å². The van der Waals surface area contributed by atoms with Crippen LogP contribution >= 0.6 is 0 Å². The lowest BCUT2D eigenvalue weighted by Crippen LogP contribution is -2.49. The SMILES string of the molecule is Cc1ccc(-n2nc(C(=O)NC(C)(C)C(=O)O)c3c2CCC3)cc1. The summed E-state index contributed by atoms with van der Waals surface area (Å²) in [6.45, 7) is 4.94. The van der Waals surface area contributed by atoms with E-state index in [9.17, 15) is 14.7 Å². The topological polar surface area (TPSA) is 84.2 Å². The van der Waals surface area contributed by atoms with Crippen LogP contribution in [-0.2, 0) is 17.6 Å². The molecule has 6 nitrogen and oxygen atoms in total. The molecule has 1 aliphatic rings. The summed E-state index contributed by atoms with van der Waals surface area (Å²) in [5.74, 6) is -1.52. The standard InChI is InChI=1S/C18H21N3O3/c1-11-7-9-12(10-8-11)21-14-6-4-5-13(14)15(20-21)16(22)19-18(2,3)17(23)24/h7-10H,4-6H2,1-3H3,(H,19,22)(H,23,24). The zero-order valence-electron chi connectivity index (χ0n) is 14.1. The fourth-order valence-electron chi connectivity index (χ4n) is 2.92. The molecule has 0 saturated heterocycles. The van der Waals surface area contributed by atoms with Crippen molar-refractivity contribution in [3.05, 3.63) is 46.8 Å². The molecule has 0 aliphatic heterocycles. The van der Waals surface area contributed by atoms with Gasteiger partial charge in [-0.05, 0) is 52.2 Å². The van der Waals surface area contributed by atoms with Crippen molar-refractivity contribution in [1.82, 2.24) is 15.1 Å². The van der Waals surface area contributed by atoms with Crippen molar-refractivity contribution in [1.29, 1.82) is 0 Å². The lowest BCUT2D eigenvalue weighted by Gasteiger charge is -2.20. The van der Waals surface area contributed by atoms with Crippen LogP contribution in [0.25, 0.3) is 5.69 Å². The van der Waals surface area contributed by atoms with Crippen molar-refractivity contribution in [3.63, 3.8) is 0 Å². The van der Waals surface area contributed by atoms with Gasteiger partial charge in [0.2, 0.25) is 0 Å². The van der Waals surface area contributed by atoms with Gasteiger partial charge in [-0.15, -0.1) is 0 Å². The summed E-state index contributed by atoms with van der Waals surface area (Å²) >= 11 is 0. The van der Waals surface area contributed by atoms with Gasteiger partial charge in [0, 0.05) is 11.3 Å². The second kappa shape index (κ2) is 5.78. The quantitative estimate of drug-likeness (QED) is 0.902. The third kappa shape index (κ3) is 2.79. The van der Waals surface area contributed by atoms with E-state index in [2.05, 4.69) is 10.4 Å². The maximum Gasteiger partial charge on any atom is 0.328 e. The van der Waals surface area contributed by atoms with Gasteiger partial charge in [-0.1, -0.05) is 17.7 Å². The number of nitrogens with one attached hydrogen (secondary N) is 1. The Morgan fingerprint density at radius 1 is 1.21 bits per heavy atom. The molecule has 2 aromatic rings. The summed E-state index contributed by atoms with van der Waals surface area (Å²) < 4.78 is 1.81. The molecule has 0 atom stereocenters. The number of fused-ring (bicyclic) bond motifs is 1. The smallest absolute Gasteiger partial charge is 0.328 e. The molecule has 126 valence electrons. The van der Waals surface area contributed by atoms with Crippen molar-refractivity contribution in [2.45, 2.75) is 45.6 Å². The minimum atomic E-state index is -1.34. The van der Waals surface area contributed by atoms with E-state index in [-0.39, 0.29) is 0 Å². The van der Waals surface area contributed by atoms with Gasteiger partial charge in [0.05, 0.1) is 5.69 Å². The van der Waals surface area contributed by atoms with E-state index in [1.165, 1.54) is 13.8 Å². The van der Waals surface area contributed by atoms with E-state index in [4.69, 9.17) is 0 Å². The first kappa shape index (κ1) is 16.2. The van der Waals surface area contributed by atoms with E-state index in [1.807, 2.05) is 35.9 Å². The van der Waals surface area contributed by atoms with Gasteiger partial charge in [0.1, 0.15) is 5.54 Å². The predicted octanol–water partition coefficient (Wildman–Crippen LogP) is 2.26. The molecule has 0 bridgehead atoms. The fourth-order valence-corrected chi connectivity index (χ4v) is 2.92. The Bertz CT molecular complexity index is 804. The molecule has 6 heteroatoms. The number of carboxylic acids is 1. The summed E-state index contributed by atoms with van der Waals surface area (Å²) in [5.41, 5.74) is 3.03. The molecular formula is C18H21N3O3. The molecule has 2 N–H and O–H groups in total. The van der Waals surface area contributed by atoms with Crippen LogP contribution in [0.1, 0.15) is 47.6 Å². The Kier molecular flexibility index (Phi) is 3.91. The molecule has 1 aliphatic carbocycles. The third-order valence-electron chi connectivity index (χ3n) is 4.38. The molecule has 3 rings (SSSR count). The van der Waals surface area contributed by atoms with E-state index < -0.39 is 17.4 Å². The van der Waals surface area contributed by atoms with Crippen molar-refractivity contribution in [2.24, 2.45) is 0 Å². The van der Waals surface area contributed by atoms with Crippen LogP contribution in [0.2, 0.25) is 0 Å². The summed E-state index contributed by atoms with van der Waals surface area (Å²) in [4.78, 5) is 23.8. The molecule has 0 radical (unpaired) electrons. The summed E-state index contributed by atoms with van der Waals surface area (Å²) in [7, 11) is 0. The highest BCUT2D eigenvalue weighted by Gasteiger charge is 2.33. The average molecular weight is 327 g/mol. The summed E-state index contributed by atoms with van der Waals surface area (Å²) in [5, 5.41) is 16.2. The second-order valence-corrected chi connectivity index (χ2v) is 6.76. The first-order valence-electron chi connectivity index (χ1n) is 8.03. The number of hydrogen-bond donors (Lipinski definition) is 2. The maximum absolute atomic E-state index is 12.6. The third-order valence-corrected chi connectivity index (χ3v) is 4.38. The van der Waals surface area contributed by atoms with Crippen LogP contribution in [0.5, 0.6) is 0 Å². The Morgan fingerprint density at radius 3 is 2.50 bits per heavy atom. The number of benzene rings is 1. The first-order chi connectivity index (χ1) is 11.3. The molecule has 1 amide bonds. The van der Waals surface area contributed by atoms with E-state index in [0.717, 1.165) is 41.8 Å². The number of rotatable bonds is 4. The molecular weight excluding hydrogens is 306 g/mol. The second-order valence-electron chi connectivity index (χ2n) is 6.76. The molecule has 24 heavy (non-hydrogen) atoms. The lowest BCUT2D eigenvalue weighted by molar-refractivity contribution is -0.143. The average Bonchev–Trinajstić information content (AvgIpc) is 3.09. The summed E-state index contributed by atoms with van der Waals surface area (Å²) in [6, 6.07) is 7.96. The molecule has 0 saturated carbocycles. The molecule has 1 heterocycles. The number of carboxylic acid groups (broad SMARTS) is 1. The van der Waals surface area contributed by atoms with Crippen molar-refractivity contribution in [3.8, 4) is 5.69 Å².